The molecule has 0 amide bonds. The number of aromatic nitrogens is 4. The van der Waals surface area contributed by atoms with E-state index in [0.29, 0.717) is 17.7 Å². The van der Waals surface area contributed by atoms with Crippen LogP contribution in [0.3, 0.4) is 0 Å². The molecule has 0 atom stereocenters. The van der Waals surface area contributed by atoms with Crippen LogP contribution in [0.1, 0.15) is 0 Å². The molecule has 11 heteroatoms. The van der Waals surface area contributed by atoms with E-state index in [1.165, 1.54) is 12.7 Å². The Bertz CT molecular complexity index is 600. The third kappa shape index (κ3) is 4.50. The molecular weight excluding hydrogens is 284 g/mol. The van der Waals surface area contributed by atoms with E-state index in [1.54, 1.807) is 4.57 Å². The van der Waals surface area contributed by atoms with E-state index in [2.05, 4.69) is 15.0 Å². The van der Waals surface area contributed by atoms with Crippen LogP contribution in [-0.4, -0.2) is 71.8 Å². The quantitative estimate of drug-likeness (QED) is 0.360. The standard InChI is InChI=1S/C8H12N5O4P.Na.H/c9-7-6-8(11-3-10-7)13(4-12-6)1-2-17-5-18(14,15)16;;/h3-4H,1-2,5H2,(H2,9,10,11)(H2,14,15,16);;. The van der Waals surface area contributed by atoms with E-state index in [1.807, 2.05) is 0 Å². The summed E-state index contributed by atoms with van der Waals surface area (Å²) in [6, 6.07) is 0. The van der Waals surface area contributed by atoms with E-state index >= 15 is 0 Å². The Kier molecular flexibility index (Phi) is 5.87. The fourth-order valence-electron chi connectivity index (χ4n) is 1.41. The average molecular weight is 297 g/mol. The first-order chi connectivity index (χ1) is 8.47. The first-order valence-electron chi connectivity index (χ1n) is 5.01. The van der Waals surface area contributed by atoms with Crippen LogP contribution in [0.25, 0.3) is 11.2 Å². The second kappa shape index (κ2) is 6.76. The summed E-state index contributed by atoms with van der Waals surface area (Å²) in [6.07, 6.45) is 2.25. The van der Waals surface area contributed by atoms with Crippen molar-refractivity contribution in [2.75, 3.05) is 18.7 Å². The Morgan fingerprint density at radius 2 is 2.11 bits per heavy atom. The van der Waals surface area contributed by atoms with Gasteiger partial charge in [-0.15, -0.1) is 0 Å². The summed E-state index contributed by atoms with van der Waals surface area (Å²) in [4.78, 5) is 29.1. The summed E-state index contributed by atoms with van der Waals surface area (Å²) >= 11 is 0. The second-order valence-corrected chi connectivity index (χ2v) is 5.16. The number of ether oxygens (including phenoxy) is 1. The number of nitrogens with zero attached hydrogens (tertiary/aromatic N) is 4. The zero-order chi connectivity index (χ0) is 13.2. The van der Waals surface area contributed by atoms with Crippen LogP contribution in [0.2, 0.25) is 0 Å². The molecule has 0 aromatic carbocycles. The summed E-state index contributed by atoms with van der Waals surface area (Å²) in [5.41, 5.74) is 6.67. The molecule has 0 aliphatic carbocycles. The van der Waals surface area contributed by atoms with Gasteiger partial charge in [0.15, 0.2) is 11.5 Å². The molecule has 0 fully saturated rings. The van der Waals surface area contributed by atoms with Gasteiger partial charge in [0, 0.05) is 6.54 Å². The van der Waals surface area contributed by atoms with Crippen molar-refractivity contribution in [3.63, 3.8) is 0 Å². The normalized spacial score (nSPS) is 11.5. The van der Waals surface area contributed by atoms with Gasteiger partial charge in [-0.3, -0.25) is 4.57 Å². The van der Waals surface area contributed by atoms with Crippen LogP contribution < -0.4 is 5.73 Å². The van der Waals surface area contributed by atoms with Gasteiger partial charge in [0.05, 0.1) is 12.9 Å². The van der Waals surface area contributed by atoms with Crippen molar-refractivity contribution in [3.8, 4) is 0 Å². The van der Waals surface area contributed by atoms with Crippen molar-refractivity contribution in [2.45, 2.75) is 6.54 Å². The van der Waals surface area contributed by atoms with Crippen molar-refractivity contribution in [1.82, 2.24) is 19.5 Å². The van der Waals surface area contributed by atoms with Gasteiger partial charge in [0.25, 0.3) is 0 Å². The molecule has 19 heavy (non-hydrogen) atoms. The van der Waals surface area contributed by atoms with Crippen LogP contribution >= 0.6 is 7.60 Å². The molecule has 0 aliphatic heterocycles. The van der Waals surface area contributed by atoms with Crippen molar-refractivity contribution >= 4 is 54.1 Å². The monoisotopic (exact) mass is 297 g/mol. The van der Waals surface area contributed by atoms with Crippen molar-refractivity contribution in [1.29, 1.82) is 0 Å². The molecular formula is C8H13N5NaO4P. The fraction of sp³-hybridized carbons (Fsp3) is 0.375. The maximum atomic E-state index is 10.6. The van der Waals surface area contributed by atoms with E-state index in [0.717, 1.165) is 0 Å². The predicted octanol–water partition coefficient (Wildman–Crippen LogP) is -1.09. The topological polar surface area (TPSA) is 136 Å². The van der Waals surface area contributed by atoms with Crippen molar-refractivity contribution in [3.05, 3.63) is 12.7 Å². The van der Waals surface area contributed by atoms with E-state index in [-0.39, 0.29) is 42.0 Å². The molecule has 2 rings (SSSR count). The van der Waals surface area contributed by atoms with Gasteiger partial charge >= 0.3 is 37.2 Å². The zero-order valence-corrected chi connectivity index (χ0v) is 10.2. The Labute approximate surface area is 130 Å². The number of anilines is 1. The molecule has 0 saturated carbocycles. The molecule has 0 unspecified atom stereocenters. The number of nitrogen functional groups attached to an aromatic ring is 1. The van der Waals surface area contributed by atoms with Gasteiger partial charge in [-0.1, -0.05) is 0 Å². The van der Waals surface area contributed by atoms with Gasteiger partial charge in [-0.2, -0.15) is 0 Å². The Balaban J connectivity index is 0.00000180. The third-order valence-electron chi connectivity index (χ3n) is 2.17. The SMILES string of the molecule is Nc1ncnc2c1ncn2CCOCP(=O)(O)O.[NaH]. The molecule has 4 N–H and O–H groups in total. The Hall–Kier alpha value is -0.540. The molecule has 2 aromatic rings. The summed E-state index contributed by atoms with van der Waals surface area (Å²) in [5.74, 6) is 0.287. The summed E-state index contributed by atoms with van der Waals surface area (Å²) in [5, 5.41) is 0. The molecule has 2 heterocycles. The van der Waals surface area contributed by atoms with E-state index in [4.69, 9.17) is 20.3 Å². The number of fused-ring (bicyclic) bond motifs is 1. The molecule has 0 saturated heterocycles. The number of imidazole rings is 1. The minimum absolute atomic E-state index is 0. The van der Waals surface area contributed by atoms with Crippen molar-refractivity contribution < 1.29 is 19.1 Å². The molecule has 9 nitrogen and oxygen atoms in total. The Morgan fingerprint density at radius 1 is 1.37 bits per heavy atom. The molecule has 0 spiro atoms. The molecule has 0 bridgehead atoms. The molecule has 2 aromatic heterocycles. The first-order valence-corrected chi connectivity index (χ1v) is 6.81. The van der Waals surface area contributed by atoms with Crippen LogP contribution in [0.5, 0.6) is 0 Å². The number of hydrogen-bond donors (Lipinski definition) is 3. The van der Waals surface area contributed by atoms with E-state index in [9.17, 15) is 4.57 Å². The minimum atomic E-state index is -4.12. The van der Waals surface area contributed by atoms with Crippen LogP contribution in [0.4, 0.5) is 5.82 Å². The number of hydrogen-bond acceptors (Lipinski definition) is 6. The van der Waals surface area contributed by atoms with E-state index < -0.39 is 13.9 Å². The van der Waals surface area contributed by atoms with Gasteiger partial charge in [0.1, 0.15) is 18.2 Å². The summed E-state index contributed by atoms with van der Waals surface area (Å²) < 4.78 is 17.1. The van der Waals surface area contributed by atoms with Gasteiger partial charge < -0.3 is 24.8 Å². The number of nitrogens with two attached hydrogens (primary N) is 1. The third-order valence-corrected chi connectivity index (χ3v) is 2.68. The average Bonchev–Trinajstić information content (AvgIpc) is 2.68. The second-order valence-electron chi connectivity index (χ2n) is 3.57. The van der Waals surface area contributed by atoms with Crippen molar-refractivity contribution in [2.24, 2.45) is 0 Å². The first kappa shape index (κ1) is 16.5. The zero-order valence-electron chi connectivity index (χ0n) is 9.30. The predicted molar refractivity (Wildman–Crippen MR) is 69.7 cm³/mol. The van der Waals surface area contributed by atoms with Gasteiger partial charge in [-0.05, 0) is 0 Å². The van der Waals surface area contributed by atoms with Crippen LogP contribution in [-0.2, 0) is 15.8 Å². The molecule has 0 radical (unpaired) electrons. The molecule has 0 aliphatic rings. The molecule has 100 valence electrons. The van der Waals surface area contributed by atoms with Gasteiger partial charge in [0.2, 0.25) is 0 Å². The van der Waals surface area contributed by atoms with Crippen LogP contribution in [0.15, 0.2) is 12.7 Å². The van der Waals surface area contributed by atoms with Crippen LogP contribution in [0, 0.1) is 0 Å². The maximum absolute atomic E-state index is 10.6. The summed E-state index contributed by atoms with van der Waals surface area (Å²) in [7, 11) is -4.12. The fourth-order valence-corrected chi connectivity index (χ4v) is 1.78. The number of rotatable bonds is 5. The Morgan fingerprint density at radius 3 is 2.79 bits per heavy atom. The van der Waals surface area contributed by atoms with Gasteiger partial charge in [-0.25, -0.2) is 15.0 Å². The summed E-state index contributed by atoms with van der Waals surface area (Å²) in [6.45, 7) is 0.507.